The molecule has 0 saturated carbocycles. The Balaban J connectivity index is 1.62. The molecule has 4 rings (SSSR count). The SMILES string of the molecule is Cn1c([C@@H]2CCCO[C@H]2c2ccccc2)nnc1N1CCC(F)(F)C1. The molecule has 2 atom stereocenters. The van der Waals surface area contributed by atoms with Crippen molar-refractivity contribution in [2.75, 3.05) is 24.6 Å². The minimum absolute atomic E-state index is 0.0745. The van der Waals surface area contributed by atoms with Crippen LogP contribution in [-0.4, -0.2) is 40.4 Å². The zero-order chi connectivity index (χ0) is 17.4. The van der Waals surface area contributed by atoms with Gasteiger partial charge in [-0.2, -0.15) is 0 Å². The number of halogens is 2. The number of benzene rings is 1. The molecular weight excluding hydrogens is 326 g/mol. The average molecular weight is 348 g/mol. The predicted octanol–water partition coefficient (Wildman–Crippen LogP) is 3.30. The molecule has 1 aromatic carbocycles. The summed E-state index contributed by atoms with van der Waals surface area (Å²) in [5.41, 5.74) is 1.12. The first kappa shape index (κ1) is 16.4. The van der Waals surface area contributed by atoms with E-state index in [1.54, 1.807) is 4.90 Å². The second-order valence-electron chi connectivity index (χ2n) is 6.90. The van der Waals surface area contributed by atoms with Gasteiger partial charge in [0.1, 0.15) is 5.82 Å². The average Bonchev–Trinajstić information content (AvgIpc) is 3.17. The highest BCUT2D eigenvalue weighted by atomic mass is 19.3. The van der Waals surface area contributed by atoms with E-state index in [9.17, 15) is 8.78 Å². The molecule has 0 spiro atoms. The highest BCUT2D eigenvalue weighted by molar-refractivity contribution is 5.35. The van der Waals surface area contributed by atoms with Gasteiger partial charge in [0.15, 0.2) is 0 Å². The normalized spacial score (nSPS) is 26.1. The maximum Gasteiger partial charge on any atom is 0.267 e. The fraction of sp³-hybridized carbons (Fsp3) is 0.556. The number of hydrogen-bond donors (Lipinski definition) is 0. The van der Waals surface area contributed by atoms with Crippen molar-refractivity contribution in [3.63, 3.8) is 0 Å². The number of nitrogens with zero attached hydrogens (tertiary/aromatic N) is 4. The van der Waals surface area contributed by atoms with Gasteiger partial charge in [0.05, 0.1) is 12.6 Å². The summed E-state index contributed by atoms with van der Waals surface area (Å²) >= 11 is 0. The Hall–Kier alpha value is -2.02. The number of hydrogen-bond acceptors (Lipinski definition) is 4. The molecule has 2 aromatic rings. The smallest absolute Gasteiger partial charge is 0.267 e. The van der Waals surface area contributed by atoms with Crippen LogP contribution in [0.4, 0.5) is 14.7 Å². The molecular formula is C18H22F2N4O. The van der Waals surface area contributed by atoms with Gasteiger partial charge in [-0.15, -0.1) is 10.2 Å². The standard InChI is InChI=1S/C18H22F2N4O/c1-23-16(21-22-17(23)24-10-9-18(19,20)12-24)14-8-5-11-25-15(14)13-6-3-2-4-7-13/h2-4,6-7,14-15H,5,8-12H2,1H3/t14-,15+/m1/s1. The topological polar surface area (TPSA) is 43.2 Å². The van der Waals surface area contributed by atoms with Gasteiger partial charge >= 0.3 is 0 Å². The summed E-state index contributed by atoms with van der Waals surface area (Å²) in [4.78, 5) is 1.62. The minimum atomic E-state index is -2.65. The van der Waals surface area contributed by atoms with E-state index in [0.29, 0.717) is 12.5 Å². The third kappa shape index (κ3) is 3.13. The lowest BCUT2D eigenvalue weighted by molar-refractivity contribution is -0.00519. The summed E-state index contributed by atoms with van der Waals surface area (Å²) in [6.45, 7) is 0.740. The number of rotatable bonds is 3. The van der Waals surface area contributed by atoms with Gasteiger partial charge in [-0.1, -0.05) is 30.3 Å². The molecule has 25 heavy (non-hydrogen) atoms. The van der Waals surface area contributed by atoms with E-state index < -0.39 is 5.92 Å². The molecule has 2 saturated heterocycles. The van der Waals surface area contributed by atoms with Gasteiger partial charge in [-0.05, 0) is 18.4 Å². The van der Waals surface area contributed by atoms with Crippen LogP contribution in [0.25, 0.3) is 0 Å². The van der Waals surface area contributed by atoms with Gasteiger partial charge in [0.25, 0.3) is 5.92 Å². The molecule has 0 N–H and O–H groups in total. The van der Waals surface area contributed by atoms with Crippen molar-refractivity contribution >= 4 is 5.95 Å². The first-order valence-corrected chi connectivity index (χ1v) is 8.74. The highest BCUT2D eigenvalue weighted by Gasteiger charge is 2.41. The molecule has 2 aliphatic heterocycles. The molecule has 5 nitrogen and oxygen atoms in total. The Labute approximate surface area is 145 Å². The molecule has 2 aliphatic rings. The van der Waals surface area contributed by atoms with Gasteiger partial charge in [0.2, 0.25) is 5.95 Å². The van der Waals surface area contributed by atoms with Gasteiger partial charge in [-0.3, -0.25) is 0 Å². The van der Waals surface area contributed by atoms with E-state index in [2.05, 4.69) is 22.3 Å². The second-order valence-corrected chi connectivity index (χ2v) is 6.90. The van der Waals surface area contributed by atoms with Gasteiger partial charge in [-0.25, -0.2) is 8.78 Å². The molecule has 3 heterocycles. The minimum Gasteiger partial charge on any atom is -0.373 e. The third-order valence-electron chi connectivity index (χ3n) is 5.12. The summed E-state index contributed by atoms with van der Waals surface area (Å²) in [7, 11) is 1.86. The number of alkyl halides is 2. The summed E-state index contributed by atoms with van der Waals surface area (Å²) in [5.74, 6) is -1.25. The molecule has 0 bridgehead atoms. The van der Waals surface area contributed by atoms with E-state index in [4.69, 9.17) is 4.74 Å². The molecule has 1 aromatic heterocycles. The molecule has 7 heteroatoms. The van der Waals surface area contributed by atoms with Gasteiger partial charge < -0.3 is 14.2 Å². The Morgan fingerprint density at radius 3 is 2.72 bits per heavy atom. The summed E-state index contributed by atoms with van der Waals surface area (Å²) in [6.07, 6.45) is 1.69. The summed E-state index contributed by atoms with van der Waals surface area (Å²) in [6, 6.07) is 10.1. The molecule has 134 valence electrons. The number of anilines is 1. The van der Waals surface area contributed by atoms with Crippen LogP contribution >= 0.6 is 0 Å². The van der Waals surface area contributed by atoms with Crippen molar-refractivity contribution in [1.82, 2.24) is 14.8 Å². The van der Waals surface area contributed by atoms with Crippen molar-refractivity contribution in [2.24, 2.45) is 7.05 Å². The van der Waals surface area contributed by atoms with Crippen molar-refractivity contribution in [1.29, 1.82) is 0 Å². The molecule has 2 fully saturated rings. The Kier molecular flexibility index (Phi) is 4.19. The Bertz CT molecular complexity index is 734. The fourth-order valence-electron chi connectivity index (χ4n) is 3.85. The van der Waals surface area contributed by atoms with E-state index >= 15 is 0 Å². The van der Waals surface area contributed by atoms with E-state index in [0.717, 1.165) is 30.8 Å². The van der Waals surface area contributed by atoms with Crippen LogP contribution in [0.2, 0.25) is 0 Å². The van der Waals surface area contributed by atoms with Crippen molar-refractivity contribution in [2.45, 2.75) is 37.2 Å². The monoisotopic (exact) mass is 348 g/mol. The first-order chi connectivity index (χ1) is 12.1. The molecule has 0 aliphatic carbocycles. The maximum absolute atomic E-state index is 13.5. The van der Waals surface area contributed by atoms with Crippen LogP contribution in [0.3, 0.4) is 0 Å². The third-order valence-corrected chi connectivity index (χ3v) is 5.12. The highest BCUT2D eigenvalue weighted by Crippen LogP contribution is 2.41. The maximum atomic E-state index is 13.5. The lowest BCUT2D eigenvalue weighted by atomic mass is 9.89. The van der Waals surface area contributed by atoms with Crippen molar-refractivity contribution < 1.29 is 13.5 Å². The number of aromatic nitrogens is 3. The molecule has 0 radical (unpaired) electrons. The largest absolute Gasteiger partial charge is 0.373 e. The van der Waals surface area contributed by atoms with Crippen LogP contribution < -0.4 is 4.90 Å². The van der Waals surface area contributed by atoms with Crippen LogP contribution in [0.15, 0.2) is 30.3 Å². The summed E-state index contributed by atoms with van der Waals surface area (Å²) in [5, 5.41) is 8.57. The van der Waals surface area contributed by atoms with Crippen LogP contribution in [-0.2, 0) is 11.8 Å². The zero-order valence-electron chi connectivity index (χ0n) is 14.2. The lowest BCUT2D eigenvalue weighted by Crippen LogP contribution is -2.28. The Morgan fingerprint density at radius 1 is 1.20 bits per heavy atom. The predicted molar refractivity (Wildman–Crippen MR) is 89.9 cm³/mol. The molecule has 0 amide bonds. The van der Waals surface area contributed by atoms with Crippen LogP contribution in [0.5, 0.6) is 0 Å². The second kappa shape index (κ2) is 6.37. The number of ether oxygens (including phenoxy) is 1. The van der Waals surface area contributed by atoms with Gasteiger partial charge in [0, 0.05) is 32.5 Å². The van der Waals surface area contributed by atoms with Crippen molar-refractivity contribution in [3.05, 3.63) is 41.7 Å². The summed E-state index contributed by atoms with van der Waals surface area (Å²) < 4.78 is 35.0. The fourth-order valence-corrected chi connectivity index (χ4v) is 3.85. The van der Waals surface area contributed by atoms with E-state index in [-0.39, 0.29) is 25.0 Å². The quantitative estimate of drug-likeness (QED) is 0.854. The van der Waals surface area contributed by atoms with E-state index in [1.807, 2.05) is 29.8 Å². The van der Waals surface area contributed by atoms with Crippen molar-refractivity contribution in [3.8, 4) is 0 Å². The van der Waals surface area contributed by atoms with Crippen LogP contribution in [0, 0.1) is 0 Å². The van der Waals surface area contributed by atoms with E-state index in [1.165, 1.54) is 0 Å². The zero-order valence-corrected chi connectivity index (χ0v) is 14.2. The first-order valence-electron chi connectivity index (χ1n) is 8.74. The Morgan fingerprint density at radius 2 is 2.00 bits per heavy atom. The lowest BCUT2D eigenvalue weighted by Gasteiger charge is -2.31. The molecule has 0 unspecified atom stereocenters. The van der Waals surface area contributed by atoms with Crippen LogP contribution in [0.1, 0.15) is 42.7 Å².